The van der Waals surface area contributed by atoms with Gasteiger partial charge in [0.25, 0.3) is 5.91 Å². The zero-order chi connectivity index (χ0) is 18.8. The number of amides is 1. The van der Waals surface area contributed by atoms with Gasteiger partial charge in [-0.25, -0.2) is 9.48 Å². The number of nitrogens with zero attached hydrogens (tertiary/aromatic N) is 2. The first-order chi connectivity index (χ1) is 12.4. The predicted molar refractivity (Wildman–Crippen MR) is 102 cm³/mol. The Balaban J connectivity index is 1.93. The van der Waals surface area contributed by atoms with Crippen molar-refractivity contribution >= 4 is 45.0 Å². The molecule has 1 atom stereocenters. The predicted octanol–water partition coefficient (Wildman–Crippen LogP) is 3.73. The topological polar surface area (TPSA) is 73.2 Å². The third-order valence-corrected chi connectivity index (χ3v) is 5.24. The molecule has 0 aliphatic heterocycles. The second-order valence-corrected chi connectivity index (χ2v) is 7.16. The number of likely N-dealkylation sites (N-methyl/N-ethyl adjacent to an activating group) is 1. The van der Waals surface area contributed by atoms with Crippen molar-refractivity contribution in [2.45, 2.75) is 26.9 Å². The van der Waals surface area contributed by atoms with E-state index in [1.165, 1.54) is 11.3 Å². The fourth-order valence-corrected chi connectivity index (χ4v) is 3.80. The number of fused-ring (bicyclic) bond motifs is 1. The summed E-state index contributed by atoms with van der Waals surface area (Å²) < 4.78 is 6.99. The summed E-state index contributed by atoms with van der Waals surface area (Å²) in [6.45, 7) is 5.71. The van der Waals surface area contributed by atoms with Crippen LogP contribution in [0.3, 0.4) is 0 Å². The van der Waals surface area contributed by atoms with E-state index in [0.29, 0.717) is 16.4 Å². The van der Waals surface area contributed by atoms with E-state index in [9.17, 15) is 9.59 Å². The van der Waals surface area contributed by atoms with Gasteiger partial charge < -0.3 is 10.1 Å². The molecule has 1 amide bonds. The molecule has 0 unspecified atom stereocenters. The van der Waals surface area contributed by atoms with Crippen LogP contribution in [-0.2, 0) is 9.53 Å². The molecular weight excluding hydrogens is 374 g/mol. The first kappa shape index (κ1) is 18.4. The molecule has 26 heavy (non-hydrogen) atoms. The van der Waals surface area contributed by atoms with Crippen LogP contribution in [-0.4, -0.2) is 34.3 Å². The molecule has 8 heteroatoms. The number of carbonyl (C=O) groups is 2. The largest absolute Gasteiger partial charge is 0.448 e. The molecule has 0 saturated carbocycles. The SMILES string of the molecule is CCNC(=O)[C@@H](C)OC(=O)c1cc2c(C)nn(-c3ccccc3Cl)c2s1. The number of para-hydroxylation sites is 1. The maximum atomic E-state index is 12.4. The Morgan fingerprint density at radius 3 is 2.81 bits per heavy atom. The normalized spacial score (nSPS) is 12.2. The van der Waals surface area contributed by atoms with Crippen LogP contribution >= 0.6 is 22.9 Å². The van der Waals surface area contributed by atoms with Gasteiger partial charge in [-0.3, -0.25) is 4.79 Å². The third-order valence-electron chi connectivity index (χ3n) is 3.83. The van der Waals surface area contributed by atoms with Gasteiger partial charge in [-0.2, -0.15) is 5.10 Å². The quantitative estimate of drug-likeness (QED) is 0.672. The molecule has 3 aromatic rings. The zero-order valence-electron chi connectivity index (χ0n) is 14.6. The number of aryl methyl sites for hydroxylation is 1. The fraction of sp³-hybridized carbons (Fsp3) is 0.278. The maximum absolute atomic E-state index is 12.4. The van der Waals surface area contributed by atoms with Crippen molar-refractivity contribution in [1.29, 1.82) is 0 Å². The van der Waals surface area contributed by atoms with E-state index in [1.807, 2.05) is 32.0 Å². The van der Waals surface area contributed by atoms with Gasteiger partial charge in [0.15, 0.2) is 6.10 Å². The van der Waals surface area contributed by atoms with E-state index >= 15 is 0 Å². The molecule has 6 nitrogen and oxygen atoms in total. The number of rotatable bonds is 5. The molecule has 1 aromatic carbocycles. The molecule has 0 aliphatic carbocycles. The lowest BCUT2D eigenvalue weighted by atomic mass is 10.3. The van der Waals surface area contributed by atoms with Gasteiger partial charge in [0.05, 0.1) is 16.4 Å². The van der Waals surface area contributed by atoms with E-state index in [0.717, 1.165) is 21.6 Å². The van der Waals surface area contributed by atoms with Crippen LogP contribution in [0.1, 0.15) is 29.2 Å². The molecule has 136 valence electrons. The number of hydrogen-bond acceptors (Lipinski definition) is 5. The Bertz CT molecular complexity index is 979. The van der Waals surface area contributed by atoms with Crippen molar-refractivity contribution in [3.63, 3.8) is 0 Å². The van der Waals surface area contributed by atoms with Crippen LogP contribution in [0, 0.1) is 6.92 Å². The molecule has 0 fully saturated rings. The molecule has 0 saturated heterocycles. The Kier molecular flexibility index (Phi) is 5.29. The van der Waals surface area contributed by atoms with Crippen molar-refractivity contribution in [2.24, 2.45) is 0 Å². The summed E-state index contributed by atoms with van der Waals surface area (Å²) in [6.07, 6.45) is -0.853. The standard InChI is InChI=1S/C18H18ClN3O3S/c1-4-20-16(23)11(3)25-18(24)15-9-12-10(2)21-22(17(12)26-15)14-8-6-5-7-13(14)19/h5-9,11H,4H2,1-3H3,(H,20,23)/t11-/m1/s1. The second kappa shape index (κ2) is 7.47. The Morgan fingerprint density at radius 1 is 1.38 bits per heavy atom. The highest BCUT2D eigenvalue weighted by atomic mass is 35.5. The molecule has 3 rings (SSSR count). The Morgan fingerprint density at radius 2 is 2.12 bits per heavy atom. The summed E-state index contributed by atoms with van der Waals surface area (Å²) in [5.74, 6) is -0.851. The van der Waals surface area contributed by atoms with E-state index in [1.54, 1.807) is 23.7 Å². The average Bonchev–Trinajstić information content (AvgIpc) is 3.16. The number of hydrogen-bond donors (Lipinski definition) is 1. The number of carbonyl (C=O) groups excluding carboxylic acids is 2. The van der Waals surface area contributed by atoms with Gasteiger partial charge in [0.1, 0.15) is 9.71 Å². The highest BCUT2D eigenvalue weighted by molar-refractivity contribution is 7.20. The lowest BCUT2D eigenvalue weighted by molar-refractivity contribution is -0.128. The minimum absolute atomic E-state index is 0.319. The Hall–Kier alpha value is -2.38. The summed E-state index contributed by atoms with van der Waals surface area (Å²) >= 11 is 7.54. The second-order valence-electron chi connectivity index (χ2n) is 5.72. The van der Waals surface area contributed by atoms with Crippen molar-refractivity contribution in [1.82, 2.24) is 15.1 Å². The zero-order valence-corrected chi connectivity index (χ0v) is 16.1. The van der Waals surface area contributed by atoms with Gasteiger partial charge in [0.2, 0.25) is 0 Å². The highest BCUT2D eigenvalue weighted by Gasteiger charge is 2.22. The van der Waals surface area contributed by atoms with Crippen LogP contribution in [0.15, 0.2) is 30.3 Å². The summed E-state index contributed by atoms with van der Waals surface area (Å²) in [7, 11) is 0. The van der Waals surface area contributed by atoms with Crippen LogP contribution in [0.5, 0.6) is 0 Å². The molecule has 0 aliphatic rings. The van der Waals surface area contributed by atoms with Crippen LogP contribution in [0.25, 0.3) is 15.9 Å². The van der Waals surface area contributed by atoms with Crippen LogP contribution in [0.4, 0.5) is 0 Å². The molecule has 0 spiro atoms. The van der Waals surface area contributed by atoms with E-state index in [-0.39, 0.29) is 5.91 Å². The van der Waals surface area contributed by atoms with Crippen molar-refractivity contribution in [2.75, 3.05) is 6.54 Å². The number of thiophene rings is 1. The lowest BCUT2D eigenvalue weighted by Gasteiger charge is -2.11. The van der Waals surface area contributed by atoms with Crippen LogP contribution in [0.2, 0.25) is 5.02 Å². The number of benzene rings is 1. The number of halogens is 1. The summed E-state index contributed by atoms with van der Waals surface area (Å²) in [6, 6.07) is 9.11. The summed E-state index contributed by atoms with van der Waals surface area (Å²) in [5, 5.41) is 8.57. The average molecular weight is 392 g/mol. The molecule has 0 radical (unpaired) electrons. The molecule has 0 bridgehead atoms. The van der Waals surface area contributed by atoms with E-state index < -0.39 is 12.1 Å². The molecule has 2 heterocycles. The van der Waals surface area contributed by atoms with Crippen molar-refractivity contribution < 1.29 is 14.3 Å². The molecule has 1 N–H and O–H groups in total. The first-order valence-corrected chi connectivity index (χ1v) is 9.34. The third kappa shape index (κ3) is 3.45. The van der Waals surface area contributed by atoms with Crippen molar-refractivity contribution in [3.8, 4) is 5.69 Å². The van der Waals surface area contributed by atoms with Gasteiger partial charge in [-0.15, -0.1) is 11.3 Å². The van der Waals surface area contributed by atoms with Gasteiger partial charge >= 0.3 is 5.97 Å². The maximum Gasteiger partial charge on any atom is 0.349 e. The highest BCUT2D eigenvalue weighted by Crippen LogP contribution is 2.32. The minimum atomic E-state index is -0.853. The van der Waals surface area contributed by atoms with Gasteiger partial charge in [-0.1, -0.05) is 23.7 Å². The number of nitrogens with one attached hydrogen (secondary N) is 1. The fourth-order valence-electron chi connectivity index (χ4n) is 2.52. The summed E-state index contributed by atoms with van der Waals surface area (Å²) in [4.78, 5) is 25.4. The van der Waals surface area contributed by atoms with Crippen LogP contribution < -0.4 is 5.32 Å². The Labute approximate surface area is 159 Å². The van der Waals surface area contributed by atoms with Crippen molar-refractivity contribution in [3.05, 3.63) is 45.9 Å². The number of ether oxygens (including phenoxy) is 1. The minimum Gasteiger partial charge on any atom is -0.448 e. The summed E-state index contributed by atoms with van der Waals surface area (Å²) in [5.41, 5.74) is 1.52. The van der Waals surface area contributed by atoms with E-state index in [2.05, 4.69) is 10.4 Å². The van der Waals surface area contributed by atoms with Gasteiger partial charge in [-0.05, 0) is 39.0 Å². The first-order valence-electron chi connectivity index (χ1n) is 8.15. The number of esters is 1. The van der Waals surface area contributed by atoms with Gasteiger partial charge in [0, 0.05) is 11.9 Å². The lowest BCUT2D eigenvalue weighted by Crippen LogP contribution is -2.35. The van der Waals surface area contributed by atoms with E-state index in [4.69, 9.17) is 16.3 Å². The molecule has 2 aromatic heterocycles. The molecular formula is C18H18ClN3O3S. The smallest absolute Gasteiger partial charge is 0.349 e. The monoisotopic (exact) mass is 391 g/mol. The number of aromatic nitrogens is 2.